The van der Waals surface area contributed by atoms with Crippen molar-refractivity contribution in [3.63, 3.8) is 0 Å². The fourth-order valence-electron chi connectivity index (χ4n) is 3.45. The highest BCUT2D eigenvalue weighted by molar-refractivity contribution is 6.07. The van der Waals surface area contributed by atoms with Gasteiger partial charge in [0, 0.05) is 12.6 Å². The van der Waals surface area contributed by atoms with E-state index in [0.29, 0.717) is 12.8 Å². The van der Waals surface area contributed by atoms with Gasteiger partial charge in [-0.1, -0.05) is 12.2 Å². The maximum atomic E-state index is 14.1. The Bertz CT molecular complexity index is 900. The van der Waals surface area contributed by atoms with Crippen LogP contribution >= 0.6 is 0 Å². The number of likely N-dealkylation sites (tertiary alicyclic amines) is 1. The lowest BCUT2D eigenvalue weighted by Gasteiger charge is -2.14. The molecule has 3 amide bonds. The Kier molecular flexibility index (Phi) is 5.86. The SMILES string of the molecule is CC(=O)Nc1ccc(C(=O)COC(=O)CN2C(=O)[C@@H]3CC=CC[C@H]3C2=O)c(F)c1. The minimum Gasteiger partial charge on any atom is -0.456 e. The summed E-state index contributed by atoms with van der Waals surface area (Å²) in [6, 6.07) is 3.49. The minimum absolute atomic E-state index is 0.186. The van der Waals surface area contributed by atoms with Gasteiger partial charge in [0.05, 0.1) is 17.4 Å². The molecule has 0 unspecified atom stereocenters. The molecule has 152 valence electrons. The van der Waals surface area contributed by atoms with Gasteiger partial charge in [-0.05, 0) is 31.0 Å². The average molecular weight is 402 g/mol. The number of benzene rings is 1. The van der Waals surface area contributed by atoms with E-state index in [4.69, 9.17) is 4.74 Å². The molecule has 1 heterocycles. The maximum absolute atomic E-state index is 14.1. The number of anilines is 1. The van der Waals surface area contributed by atoms with Crippen molar-refractivity contribution in [2.75, 3.05) is 18.5 Å². The van der Waals surface area contributed by atoms with Gasteiger partial charge in [0.1, 0.15) is 12.4 Å². The Balaban J connectivity index is 1.55. The first-order chi connectivity index (χ1) is 13.8. The molecule has 1 aromatic rings. The minimum atomic E-state index is -0.929. The molecule has 0 bridgehead atoms. The highest BCUT2D eigenvalue weighted by atomic mass is 19.1. The molecule has 3 rings (SSSR count). The van der Waals surface area contributed by atoms with Crippen LogP contribution in [0, 0.1) is 17.7 Å². The van der Waals surface area contributed by atoms with Crippen LogP contribution in [0.5, 0.6) is 0 Å². The summed E-state index contributed by atoms with van der Waals surface area (Å²) in [5.74, 6) is -4.75. The number of carbonyl (C=O) groups is 5. The monoisotopic (exact) mass is 402 g/mol. The number of hydrogen-bond donors (Lipinski definition) is 1. The molecule has 1 aromatic carbocycles. The number of allylic oxidation sites excluding steroid dienone is 2. The van der Waals surface area contributed by atoms with Crippen LogP contribution in [0.3, 0.4) is 0 Å². The third kappa shape index (κ3) is 4.39. The molecule has 8 nitrogen and oxygen atoms in total. The van der Waals surface area contributed by atoms with Crippen LogP contribution in [0.25, 0.3) is 0 Å². The topological polar surface area (TPSA) is 110 Å². The summed E-state index contributed by atoms with van der Waals surface area (Å²) in [6.07, 6.45) is 4.57. The van der Waals surface area contributed by atoms with Gasteiger partial charge in [-0.3, -0.25) is 28.9 Å². The molecule has 9 heteroatoms. The largest absolute Gasteiger partial charge is 0.456 e. The van der Waals surface area contributed by atoms with Crippen molar-refractivity contribution >= 4 is 35.2 Å². The van der Waals surface area contributed by atoms with E-state index < -0.39 is 54.4 Å². The predicted molar refractivity (Wildman–Crippen MR) is 98.1 cm³/mol. The van der Waals surface area contributed by atoms with Crippen molar-refractivity contribution < 1.29 is 33.1 Å². The van der Waals surface area contributed by atoms with E-state index in [2.05, 4.69) is 5.32 Å². The molecular weight excluding hydrogens is 383 g/mol. The zero-order chi connectivity index (χ0) is 21.1. The van der Waals surface area contributed by atoms with Crippen LogP contribution in [-0.2, 0) is 23.9 Å². The molecule has 2 aliphatic rings. The Labute approximate surface area is 165 Å². The van der Waals surface area contributed by atoms with Crippen molar-refractivity contribution in [1.82, 2.24) is 4.90 Å². The third-order valence-electron chi connectivity index (χ3n) is 4.84. The Morgan fingerprint density at radius 2 is 1.76 bits per heavy atom. The first-order valence-corrected chi connectivity index (χ1v) is 9.04. The number of fused-ring (bicyclic) bond motifs is 1. The van der Waals surface area contributed by atoms with E-state index >= 15 is 0 Å². The van der Waals surface area contributed by atoms with E-state index in [9.17, 15) is 28.4 Å². The Morgan fingerprint density at radius 3 is 2.31 bits per heavy atom. The van der Waals surface area contributed by atoms with Crippen LogP contribution in [0.4, 0.5) is 10.1 Å². The normalized spacial score (nSPS) is 20.4. The summed E-state index contributed by atoms with van der Waals surface area (Å²) in [5, 5.41) is 2.38. The van der Waals surface area contributed by atoms with Crippen molar-refractivity contribution in [1.29, 1.82) is 0 Å². The van der Waals surface area contributed by atoms with Crippen molar-refractivity contribution in [2.45, 2.75) is 19.8 Å². The van der Waals surface area contributed by atoms with E-state index in [-0.39, 0.29) is 17.2 Å². The number of Topliss-reactive ketones (excluding diaryl/α,β-unsaturated/α-hetero) is 1. The van der Waals surface area contributed by atoms with Crippen molar-refractivity contribution in [3.05, 3.63) is 41.7 Å². The number of hydrogen-bond acceptors (Lipinski definition) is 6. The molecule has 0 saturated carbocycles. The van der Waals surface area contributed by atoms with Gasteiger partial charge in [0.15, 0.2) is 6.61 Å². The summed E-state index contributed by atoms with van der Waals surface area (Å²) in [4.78, 5) is 60.6. The fourth-order valence-corrected chi connectivity index (χ4v) is 3.45. The van der Waals surface area contributed by atoms with E-state index in [1.807, 2.05) is 12.2 Å². The molecule has 1 aliphatic carbocycles. The molecular formula is C20H19FN2O6. The number of carbonyl (C=O) groups excluding carboxylic acids is 5. The zero-order valence-electron chi connectivity index (χ0n) is 15.6. The lowest BCUT2D eigenvalue weighted by Crippen LogP contribution is -2.37. The van der Waals surface area contributed by atoms with Crippen molar-refractivity contribution in [2.24, 2.45) is 11.8 Å². The average Bonchev–Trinajstić information content (AvgIpc) is 2.91. The van der Waals surface area contributed by atoms with Gasteiger partial charge in [-0.25, -0.2) is 4.39 Å². The van der Waals surface area contributed by atoms with Crippen LogP contribution in [0.15, 0.2) is 30.4 Å². The highest BCUT2D eigenvalue weighted by Crippen LogP contribution is 2.34. The number of ether oxygens (including phenoxy) is 1. The van der Waals surface area contributed by atoms with E-state index in [1.54, 1.807) is 0 Å². The van der Waals surface area contributed by atoms with E-state index in [0.717, 1.165) is 11.0 Å². The summed E-state index contributed by atoms with van der Waals surface area (Å²) in [6.45, 7) is -0.0561. The summed E-state index contributed by atoms with van der Waals surface area (Å²) >= 11 is 0. The molecule has 0 radical (unpaired) electrons. The Morgan fingerprint density at radius 1 is 1.14 bits per heavy atom. The zero-order valence-corrected chi connectivity index (χ0v) is 15.6. The summed E-state index contributed by atoms with van der Waals surface area (Å²) in [7, 11) is 0. The van der Waals surface area contributed by atoms with Gasteiger partial charge in [-0.15, -0.1) is 0 Å². The second kappa shape index (κ2) is 8.34. The number of esters is 1. The maximum Gasteiger partial charge on any atom is 0.326 e. The lowest BCUT2D eigenvalue weighted by atomic mass is 9.85. The predicted octanol–water partition coefficient (Wildman–Crippen LogP) is 1.46. The second-order valence-corrected chi connectivity index (χ2v) is 6.88. The number of imide groups is 1. The number of nitrogens with zero attached hydrogens (tertiary/aromatic N) is 1. The van der Waals surface area contributed by atoms with Gasteiger partial charge < -0.3 is 10.1 Å². The third-order valence-corrected chi connectivity index (χ3v) is 4.84. The lowest BCUT2D eigenvalue weighted by molar-refractivity contribution is -0.152. The highest BCUT2D eigenvalue weighted by Gasteiger charge is 2.47. The van der Waals surface area contributed by atoms with Gasteiger partial charge in [0.2, 0.25) is 23.5 Å². The molecule has 0 spiro atoms. The standard InChI is InChI=1S/C20H19FN2O6/c1-11(24)22-12-6-7-15(16(21)8-12)17(25)10-29-18(26)9-23-19(27)13-4-2-3-5-14(13)20(23)28/h2-3,6-8,13-14H,4-5,9-10H2,1H3,(H,22,24)/t13-,14-/m1/s1. The van der Waals surface area contributed by atoms with Gasteiger partial charge in [-0.2, -0.15) is 0 Å². The number of ketones is 1. The molecule has 1 fully saturated rings. The number of amides is 3. The number of halogens is 1. The molecule has 0 aromatic heterocycles. The van der Waals surface area contributed by atoms with Crippen LogP contribution in [0.1, 0.15) is 30.1 Å². The van der Waals surface area contributed by atoms with Crippen molar-refractivity contribution in [3.8, 4) is 0 Å². The van der Waals surface area contributed by atoms with Crippen LogP contribution in [-0.4, -0.2) is 47.5 Å². The van der Waals surface area contributed by atoms with Crippen LogP contribution in [0.2, 0.25) is 0 Å². The van der Waals surface area contributed by atoms with Gasteiger partial charge in [0.25, 0.3) is 0 Å². The fraction of sp³-hybridized carbons (Fsp3) is 0.350. The summed E-state index contributed by atoms with van der Waals surface area (Å²) in [5.41, 5.74) is -0.122. The second-order valence-electron chi connectivity index (χ2n) is 6.88. The quantitative estimate of drug-likeness (QED) is 0.334. The number of rotatable bonds is 6. The molecule has 2 atom stereocenters. The molecule has 1 aliphatic heterocycles. The molecule has 1 N–H and O–H groups in total. The van der Waals surface area contributed by atoms with Gasteiger partial charge >= 0.3 is 5.97 Å². The number of nitrogens with one attached hydrogen (secondary N) is 1. The smallest absolute Gasteiger partial charge is 0.326 e. The first-order valence-electron chi connectivity index (χ1n) is 9.04. The molecule has 29 heavy (non-hydrogen) atoms. The first kappa shape index (κ1) is 20.4. The molecule has 1 saturated heterocycles. The van der Waals surface area contributed by atoms with Crippen LogP contribution < -0.4 is 5.32 Å². The summed E-state index contributed by atoms with van der Waals surface area (Å²) < 4.78 is 18.9. The Hall–Kier alpha value is -3.36. The van der Waals surface area contributed by atoms with E-state index in [1.165, 1.54) is 19.1 Å².